The van der Waals surface area contributed by atoms with Crippen LogP contribution in [0.25, 0.3) is 50.3 Å². The molecule has 0 bridgehead atoms. The minimum absolute atomic E-state index is 0.490. The molecular formula is C50H33N5O4. The lowest BCUT2D eigenvalue weighted by Crippen LogP contribution is -2.00. The highest BCUT2D eigenvalue weighted by molar-refractivity contribution is 6.09. The van der Waals surface area contributed by atoms with E-state index in [0.717, 1.165) is 44.3 Å². The zero-order valence-corrected chi connectivity index (χ0v) is 31.4. The molecule has 0 saturated heterocycles. The standard InChI is InChI=1S/C50H33N5O4/c1-3-12-34(13-4-1)44-20-9-22-48(53-44)58-38-18-7-16-36(30-38)56-40-24-26-42-43-27-25-41(33-47(43)55(46(42)32-40)50-51-28-11-29-52-50)57-37-17-8-19-39(31-37)59-49-23-10-21-45(54-49)35-14-5-2-6-15-35/h1-33H. The van der Waals surface area contributed by atoms with Crippen LogP contribution in [0.3, 0.4) is 0 Å². The summed E-state index contributed by atoms with van der Waals surface area (Å²) >= 11 is 0. The fourth-order valence-corrected chi connectivity index (χ4v) is 6.93. The van der Waals surface area contributed by atoms with E-state index >= 15 is 0 Å². The van der Waals surface area contributed by atoms with Gasteiger partial charge in [-0.05, 0) is 66.7 Å². The van der Waals surface area contributed by atoms with Crippen molar-refractivity contribution in [3.05, 3.63) is 200 Å². The smallest absolute Gasteiger partial charge is 0.234 e. The second-order valence-corrected chi connectivity index (χ2v) is 13.6. The molecule has 282 valence electrons. The summed E-state index contributed by atoms with van der Waals surface area (Å²) in [4.78, 5) is 18.7. The third kappa shape index (κ3) is 7.64. The van der Waals surface area contributed by atoms with Gasteiger partial charge in [-0.25, -0.2) is 19.9 Å². The molecule has 10 aromatic rings. The molecule has 4 aromatic heterocycles. The van der Waals surface area contributed by atoms with Crippen molar-refractivity contribution in [3.8, 4) is 74.7 Å². The van der Waals surface area contributed by atoms with Crippen molar-refractivity contribution < 1.29 is 18.9 Å². The first-order valence-corrected chi connectivity index (χ1v) is 19.0. The van der Waals surface area contributed by atoms with E-state index in [1.54, 1.807) is 18.5 Å². The summed E-state index contributed by atoms with van der Waals surface area (Å²) < 4.78 is 27.2. The van der Waals surface area contributed by atoms with Gasteiger partial charge in [0, 0.05) is 70.7 Å². The Hall–Kier alpha value is -8.30. The Kier molecular flexibility index (Phi) is 9.34. The average Bonchev–Trinajstić information content (AvgIpc) is 3.60. The molecule has 9 heteroatoms. The molecule has 0 fully saturated rings. The maximum absolute atomic E-state index is 6.43. The van der Waals surface area contributed by atoms with Crippen LogP contribution in [-0.2, 0) is 0 Å². The largest absolute Gasteiger partial charge is 0.457 e. The lowest BCUT2D eigenvalue weighted by molar-refractivity contribution is 0.449. The van der Waals surface area contributed by atoms with Crippen molar-refractivity contribution in [2.45, 2.75) is 0 Å². The Morgan fingerprint density at radius 2 is 0.763 bits per heavy atom. The van der Waals surface area contributed by atoms with Gasteiger partial charge in [0.15, 0.2) is 0 Å². The van der Waals surface area contributed by atoms with E-state index in [9.17, 15) is 0 Å². The predicted molar refractivity (Wildman–Crippen MR) is 229 cm³/mol. The Bertz CT molecular complexity index is 2880. The van der Waals surface area contributed by atoms with Crippen LogP contribution >= 0.6 is 0 Å². The molecular weight excluding hydrogens is 735 g/mol. The van der Waals surface area contributed by atoms with Crippen LogP contribution in [-0.4, -0.2) is 24.5 Å². The Morgan fingerprint density at radius 1 is 0.339 bits per heavy atom. The lowest BCUT2D eigenvalue weighted by atomic mass is 10.1. The summed E-state index contributed by atoms with van der Waals surface area (Å²) in [5.74, 6) is 5.20. The minimum Gasteiger partial charge on any atom is -0.457 e. The average molecular weight is 768 g/mol. The van der Waals surface area contributed by atoms with Gasteiger partial charge in [-0.15, -0.1) is 0 Å². The van der Waals surface area contributed by atoms with Gasteiger partial charge in [0.25, 0.3) is 0 Å². The molecule has 0 spiro atoms. The van der Waals surface area contributed by atoms with E-state index in [2.05, 4.69) is 9.97 Å². The number of nitrogens with zero attached hydrogens (tertiary/aromatic N) is 5. The highest BCUT2D eigenvalue weighted by Crippen LogP contribution is 2.38. The highest BCUT2D eigenvalue weighted by atomic mass is 16.5. The highest BCUT2D eigenvalue weighted by Gasteiger charge is 2.17. The van der Waals surface area contributed by atoms with Crippen molar-refractivity contribution in [1.82, 2.24) is 24.5 Å². The normalized spacial score (nSPS) is 11.1. The van der Waals surface area contributed by atoms with E-state index in [1.165, 1.54) is 0 Å². The second-order valence-electron chi connectivity index (χ2n) is 13.6. The van der Waals surface area contributed by atoms with Gasteiger partial charge in [-0.1, -0.05) is 84.9 Å². The van der Waals surface area contributed by atoms with Crippen molar-refractivity contribution in [2.24, 2.45) is 0 Å². The maximum Gasteiger partial charge on any atom is 0.234 e. The van der Waals surface area contributed by atoms with E-state index in [1.807, 2.05) is 187 Å². The quantitative estimate of drug-likeness (QED) is 0.128. The predicted octanol–water partition coefficient (Wildman–Crippen LogP) is 12.9. The summed E-state index contributed by atoms with van der Waals surface area (Å²) in [6.07, 6.45) is 3.46. The van der Waals surface area contributed by atoms with Crippen LogP contribution in [0.1, 0.15) is 0 Å². The first-order valence-electron chi connectivity index (χ1n) is 19.0. The Morgan fingerprint density at radius 3 is 1.24 bits per heavy atom. The molecule has 0 aliphatic heterocycles. The van der Waals surface area contributed by atoms with Gasteiger partial charge in [0.05, 0.1) is 22.4 Å². The first-order chi connectivity index (χ1) is 29.2. The zero-order chi connectivity index (χ0) is 39.4. The summed E-state index contributed by atoms with van der Waals surface area (Å²) in [5.41, 5.74) is 5.44. The number of hydrogen-bond acceptors (Lipinski definition) is 8. The number of pyridine rings is 2. The number of aromatic nitrogens is 5. The van der Waals surface area contributed by atoms with E-state index < -0.39 is 0 Å². The molecule has 0 atom stereocenters. The molecule has 9 nitrogen and oxygen atoms in total. The molecule has 4 heterocycles. The van der Waals surface area contributed by atoms with Gasteiger partial charge >= 0.3 is 0 Å². The van der Waals surface area contributed by atoms with Gasteiger partial charge in [0.1, 0.15) is 34.5 Å². The van der Waals surface area contributed by atoms with Crippen molar-refractivity contribution >= 4 is 21.8 Å². The van der Waals surface area contributed by atoms with Crippen molar-refractivity contribution in [2.75, 3.05) is 0 Å². The monoisotopic (exact) mass is 767 g/mol. The van der Waals surface area contributed by atoms with Crippen LogP contribution in [0.4, 0.5) is 0 Å². The third-order valence-corrected chi connectivity index (χ3v) is 9.58. The molecule has 0 N–H and O–H groups in total. The molecule has 0 unspecified atom stereocenters. The zero-order valence-electron chi connectivity index (χ0n) is 31.4. The van der Waals surface area contributed by atoms with Crippen LogP contribution in [0, 0.1) is 0 Å². The van der Waals surface area contributed by atoms with Gasteiger partial charge < -0.3 is 18.9 Å². The Labute approximate surface area is 339 Å². The molecule has 6 aromatic carbocycles. The third-order valence-electron chi connectivity index (χ3n) is 9.58. The summed E-state index contributed by atoms with van der Waals surface area (Å²) in [6, 6.07) is 60.3. The second kappa shape index (κ2) is 15.7. The van der Waals surface area contributed by atoms with Gasteiger partial charge in [0.2, 0.25) is 17.7 Å². The van der Waals surface area contributed by atoms with Gasteiger partial charge in [-0.2, -0.15) is 0 Å². The van der Waals surface area contributed by atoms with E-state index in [4.69, 9.17) is 28.9 Å². The van der Waals surface area contributed by atoms with Gasteiger partial charge in [-0.3, -0.25) is 4.57 Å². The molecule has 0 radical (unpaired) electrons. The van der Waals surface area contributed by atoms with Crippen molar-refractivity contribution in [3.63, 3.8) is 0 Å². The first kappa shape index (κ1) is 35.1. The molecule has 0 amide bonds. The van der Waals surface area contributed by atoms with Crippen LogP contribution in [0.15, 0.2) is 200 Å². The maximum atomic E-state index is 6.43. The number of ether oxygens (including phenoxy) is 4. The molecule has 0 saturated carbocycles. The van der Waals surface area contributed by atoms with E-state index in [-0.39, 0.29) is 0 Å². The van der Waals surface area contributed by atoms with E-state index in [0.29, 0.717) is 52.2 Å². The number of rotatable bonds is 11. The Balaban J connectivity index is 0.923. The summed E-state index contributed by atoms with van der Waals surface area (Å²) in [6.45, 7) is 0. The fourth-order valence-electron chi connectivity index (χ4n) is 6.93. The minimum atomic E-state index is 0.490. The van der Waals surface area contributed by atoms with Crippen LogP contribution in [0.2, 0.25) is 0 Å². The fraction of sp³-hybridized carbons (Fsp3) is 0. The van der Waals surface area contributed by atoms with Crippen molar-refractivity contribution in [1.29, 1.82) is 0 Å². The summed E-state index contributed by atoms with van der Waals surface area (Å²) in [7, 11) is 0. The lowest BCUT2D eigenvalue weighted by Gasteiger charge is -2.11. The van der Waals surface area contributed by atoms with Crippen LogP contribution < -0.4 is 18.9 Å². The number of fused-ring (bicyclic) bond motifs is 3. The number of hydrogen-bond donors (Lipinski definition) is 0. The molecule has 0 aliphatic rings. The number of benzene rings is 6. The molecule has 10 rings (SSSR count). The molecule has 0 aliphatic carbocycles. The summed E-state index contributed by atoms with van der Waals surface area (Å²) in [5, 5.41) is 2.02. The SMILES string of the molecule is c1ccc(-c2cccc(Oc3cccc(Oc4ccc5c6ccc(Oc7cccc(Oc8cccc(-c9ccccc9)n8)c7)cc6n(-c6ncccn6)c5c4)c3)n2)cc1. The topological polar surface area (TPSA) is 93.4 Å². The molecule has 59 heavy (non-hydrogen) atoms. The van der Waals surface area contributed by atoms with Crippen LogP contribution in [0.5, 0.6) is 46.3 Å².